The lowest BCUT2D eigenvalue weighted by molar-refractivity contribution is 0.0694. The van der Waals surface area contributed by atoms with Crippen LogP contribution in [0.1, 0.15) is 26.8 Å². The summed E-state index contributed by atoms with van der Waals surface area (Å²) >= 11 is 4.58. The van der Waals surface area contributed by atoms with Crippen molar-refractivity contribution in [1.29, 1.82) is 0 Å². The van der Waals surface area contributed by atoms with Crippen LogP contribution >= 0.6 is 27.3 Å². The third kappa shape index (κ3) is 2.27. The third-order valence-corrected chi connectivity index (χ3v) is 4.15. The van der Waals surface area contributed by atoms with Gasteiger partial charge in [-0.05, 0) is 39.5 Å². The van der Waals surface area contributed by atoms with Crippen LogP contribution in [0.3, 0.4) is 0 Å². The quantitative estimate of drug-likeness (QED) is 0.809. The third-order valence-electron chi connectivity index (χ3n) is 2.56. The minimum atomic E-state index is -1.11. The number of carbonyl (C=O) groups is 1. The van der Waals surface area contributed by atoms with Crippen molar-refractivity contribution in [2.45, 2.75) is 6.04 Å². The summed E-state index contributed by atoms with van der Waals surface area (Å²) in [5.74, 6) is -1.24. The molecule has 0 bridgehead atoms. The maximum absolute atomic E-state index is 11.2. The molecule has 0 aliphatic heterocycles. The van der Waals surface area contributed by atoms with Crippen LogP contribution in [0.5, 0.6) is 5.75 Å². The molecule has 4 nitrogen and oxygen atoms in total. The minimum Gasteiger partial charge on any atom is -0.506 e. The van der Waals surface area contributed by atoms with Gasteiger partial charge in [-0.2, -0.15) is 0 Å². The van der Waals surface area contributed by atoms with E-state index in [0.29, 0.717) is 4.47 Å². The number of hydrogen-bond acceptors (Lipinski definition) is 4. The summed E-state index contributed by atoms with van der Waals surface area (Å²) in [4.78, 5) is 12.0. The molecule has 0 aliphatic carbocycles. The lowest BCUT2D eigenvalue weighted by atomic mass is 9.98. The largest absolute Gasteiger partial charge is 0.506 e. The van der Waals surface area contributed by atoms with Crippen LogP contribution in [0.4, 0.5) is 0 Å². The van der Waals surface area contributed by atoms with Crippen molar-refractivity contribution >= 4 is 33.2 Å². The molecule has 1 aromatic carbocycles. The Bertz CT molecular complexity index is 583. The van der Waals surface area contributed by atoms with E-state index in [1.54, 1.807) is 6.07 Å². The molecule has 0 radical (unpaired) electrons. The zero-order valence-corrected chi connectivity index (χ0v) is 11.5. The Morgan fingerprint density at radius 1 is 1.39 bits per heavy atom. The van der Waals surface area contributed by atoms with Crippen LogP contribution < -0.4 is 5.73 Å². The zero-order valence-electron chi connectivity index (χ0n) is 9.13. The highest BCUT2D eigenvalue weighted by Gasteiger charge is 2.23. The summed E-state index contributed by atoms with van der Waals surface area (Å²) in [5.41, 5.74) is 6.27. The molecule has 1 heterocycles. The summed E-state index contributed by atoms with van der Waals surface area (Å²) in [7, 11) is 0. The molecule has 2 aromatic rings. The van der Waals surface area contributed by atoms with E-state index in [4.69, 9.17) is 10.8 Å². The van der Waals surface area contributed by atoms with Crippen LogP contribution in [0.15, 0.2) is 34.1 Å². The minimum absolute atomic E-state index is 0.0107. The van der Waals surface area contributed by atoms with Crippen molar-refractivity contribution in [3.63, 3.8) is 0 Å². The molecule has 18 heavy (non-hydrogen) atoms. The van der Waals surface area contributed by atoms with Gasteiger partial charge in [0.05, 0.1) is 16.1 Å². The van der Waals surface area contributed by atoms with E-state index in [2.05, 4.69) is 15.9 Å². The van der Waals surface area contributed by atoms with E-state index in [-0.39, 0.29) is 16.9 Å². The Hall–Kier alpha value is -1.37. The molecule has 6 heteroatoms. The second kappa shape index (κ2) is 5.09. The van der Waals surface area contributed by atoms with Gasteiger partial charge in [0.15, 0.2) is 0 Å². The first-order chi connectivity index (χ1) is 8.52. The zero-order chi connectivity index (χ0) is 13.3. The summed E-state index contributed by atoms with van der Waals surface area (Å²) in [6.07, 6.45) is 0. The van der Waals surface area contributed by atoms with Crippen LogP contribution in [-0.2, 0) is 0 Å². The monoisotopic (exact) mass is 327 g/mol. The molecule has 0 unspecified atom stereocenters. The predicted octanol–water partition coefficient (Wildman–Crippen LogP) is 2.96. The van der Waals surface area contributed by atoms with Crippen molar-refractivity contribution in [3.8, 4) is 5.75 Å². The van der Waals surface area contributed by atoms with Gasteiger partial charge in [0.1, 0.15) is 5.75 Å². The van der Waals surface area contributed by atoms with Crippen LogP contribution in [0, 0.1) is 0 Å². The number of phenols is 1. The average Bonchev–Trinajstić information content (AvgIpc) is 2.84. The normalized spacial score (nSPS) is 12.3. The summed E-state index contributed by atoms with van der Waals surface area (Å²) in [6.45, 7) is 0. The van der Waals surface area contributed by atoms with E-state index in [0.717, 1.165) is 4.88 Å². The Balaban J connectivity index is 2.61. The average molecular weight is 328 g/mol. The number of carboxylic acids is 1. The number of thiophene rings is 1. The number of rotatable bonds is 3. The van der Waals surface area contributed by atoms with Crippen molar-refractivity contribution in [2.24, 2.45) is 5.73 Å². The molecule has 94 valence electrons. The fourth-order valence-corrected chi connectivity index (χ4v) is 2.77. The number of carboxylic acid groups (broad SMARTS) is 1. The first-order valence-corrected chi connectivity index (χ1v) is 6.73. The van der Waals surface area contributed by atoms with Gasteiger partial charge in [0.25, 0.3) is 0 Å². The van der Waals surface area contributed by atoms with Crippen molar-refractivity contribution in [1.82, 2.24) is 0 Å². The van der Waals surface area contributed by atoms with Crippen LogP contribution in [0.25, 0.3) is 0 Å². The fraction of sp³-hybridized carbons (Fsp3) is 0.0833. The Labute approximate surface area is 116 Å². The van der Waals surface area contributed by atoms with E-state index in [9.17, 15) is 9.90 Å². The summed E-state index contributed by atoms with van der Waals surface area (Å²) in [6, 6.07) is 5.89. The summed E-state index contributed by atoms with van der Waals surface area (Å²) < 4.78 is 0.425. The number of phenolic OH excluding ortho intramolecular Hbond substituents is 1. The number of halogens is 1. The van der Waals surface area contributed by atoms with Crippen molar-refractivity contribution < 1.29 is 15.0 Å². The molecule has 0 spiro atoms. The maximum Gasteiger partial charge on any atom is 0.336 e. The molecule has 1 aromatic heterocycles. The van der Waals surface area contributed by atoms with E-state index < -0.39 is 12.0 Å². The number of aromatic hydroxyl groups is 1. The number of benzene rings is 1. The van der Waals surface area contributed by atoms with E-state index in [1.807, 2.05) is 11.4 Å². The molecule has 0 saturated heterocycles. The Kier molecular flexibility index (Phi) is 3.70. The van der Waals surface area contributed by atoms with Crippen molar-refractivity contribution in [2.75, 3.05) is 0 Å². The lowest BCUT2D eigenvalue weighted by Gasteiger charge is -2.16. The standard InChI is InChI=1S/C12H10BrNO3S/c13-7-4-3-6(12(16)17)9(11(7)15)10(14)8-2-1-5-18-8/h1-5,10,15H,14H2,(H,16,17)/t10-/m1/s1. The summed E-state index contributed by atoms with van der Waals surface area (Å²) in [5, 5.41) is 21.0. The first kappa shape index (κ1) is 13.1. The van der Waals surface area contributed by atoms with Gasteiger partial charge in [-0.1, -0.05) is 6.07 Å². The molecule has 0 saturated carbocycles. The fourth-order valence-electron chi connectivity index (χ4n) is 1.69. The van der Waals surface area contributed by atoms with Crippen LogP contribution in [-0.4, -0.2) is 16.2 Å². The molecule has 4 N–H and O–H groups in total. The molecule has 0 amide bonds. The van der Waals surface area contributed by atoms with Gasteiger partial charge in [0.2, 0.25) is 0 Å². The Morgan fingerprint density at radius 3 is 2.67 bits per heavy atom. The van der Waals surface area contributed by atoms with Gasteiger partial charge in [-0.15, -0.1) is 11.3 Å². The van der Waals surface area contributed by atoms with Crippen LogP contribution in [0.2, 0.25) is 0 Å². The second-order valence-electron chi connectivity index (χ2n) is 3.66. The highest BCUT2D eigenvalue weighted by Crippen LogP contribution is 2.37. The number of aromatic carboxylic acids is 1. The molecule has 0 aliphatic rings. The van der Waals surface area contributed by atoms with Gasteiger partial charge in [0, 0.05) is 10.4 Å². The maximum atomic E-state index is 11.2. The second-order valence-corrected chi connectivity index (χ2v) is 5.49. The SMILES string of the molecule is N[C@H](c1cccs1)c1c(C(=O)O)ccc(Br)c1O. The van der Waals surface area contributed by atoms with Gasteiger partial charge >= 0.3 is 5.97 Å². The predicted molar refractivity (Wildman–Crippen MR) is 73.1 cm³/mol. The molecular formula is C12H10BrNO3S. The highest BCUT2D eigenvalue weighted by atomic mass is 79.9. The van der Waals surface area contributed by atoms with Crippen molar-refractivity contribution in [3.05, 3.63) is 50.1 Å². The van der Waals surface area contributed by atoms with E-state index in [1.165, 1.54) is 23.5 Å². The lowest BCUT2D eigenvalue weighted by Crippen LogP contribution is -2.15. The number of nitrogens with two attached hydrogens (primary N) is 1. The molecule has 2 rings (SSSR count). The van der Waals surface area contributed by atoms with Gasteiger partial charge < -0.3 is 15.9 Å². The molecule has 1 atom stereocenters. The number of hydrogen-bond donors (Lipinski definition) is 3. The highest BCUT2D eigenvalue weighted by molar-refractivity contribution is 9.10. The van der Waals surface area contributed by atoms with Gasteiger partial charge in [-0.3, -0.25) is 0 Å². The van der Waals surface area contributed by atoms with Gasteiger partial charge in [-0.25, -0.2) is 4.79 Å². The van der Waals surface area contributed by atoms with E-state index >= 15 is 0 Å². The topological polar surface area (TPSA) is 83.6 Å². The smallest absolute Gasteiger partial charge is 0.336 e. The molecular weight excluding hydrogens is 318 g/mol. The molecule has 0 fully saturated rings. The Morgan fingerprint density at radius 2 is 2.11 bits per heavy atom. The first-order valence-electron chi connectivity index (χ1n) is 5.06.